The van der Waals surface area contributed by atoms with Gasteiger partial charge in [0.05, 0.1) is 26.7 Å². The van der Waals surface area contributed by atoms with Crippen molar-refractivity contribution in [2.24, 2.45) is 0 Å². The van der Waals surface area contributed by atoms with Crippen molar-refractivity contribution in [2.75, 3.05) is 34.3 Å². The zero-order valence-electron chi connectivity index (χ0n) is 11.4. The minimum Gasteiger partial charge on any atom is -0.456 e. The van der Waals surface area contributed by atoms with Crippen LogP contribution in [0.1, 0.15) is 31.1 Å². The number of benzene rings is 1. The number of carbonyl (C=O) groups excluding carboxylic acids is 3. The Morgan fingerprint density at radius 2 is 1.89 bits per heavy atom. The first-order chi connectivity index (χ1) is 8.89. The minimum absolute atomic E-state index is 0.0766. The van der Waals surface area contributed by atoms with Gasteiger partial charge < -0.3 is 9.22 Å². The molecule has 0 spiro atoms. The van der Waals surface area contributed by atoms with Gasteiger partial charge in [0.1, 0.15) is 13.2 Å². The van der Waals surface area contributed by atoms with Gasteiger partial charge in [0.15, 0.2) is 12.6 Å². The van der Waals surface area contributed by atoms with Crippen LogP contribution in [0.5, 0.6) is 0 Å². The largest absolute Gasteiger partial charge is 0.456 e. The molecule has 0 amide bonds. The SMILES string of the molecule is C[N+](C)(C)CCOC(=O)c1cccc(C=O)c1C=O. The highest BCUT2D eigenvalue weighted by molar-refractivity contribution is 6.03. The van der Waals surface area contributed by atoms with Gasteiger partial charge in [-0.15, -0.1) is 0 Å². The molecule has 0 N–H and O–H groups in total. The first kappa shape index (κ1) is 15.0. The van der Waals surface area contributed by atoms with Gasteiger partial charge in [-0.1, -0.05) is 12.1 Å². The molecule has 0 bridgehead atoms. The van der Waals surface area contributed by atoms with E-state index in [1.807, 2.05) is 21.1 Å². The molecule has 0 radical (unpaired) electrons. The van der Waals surface area contributed by atoms with Gasteiger partial charge in [0.2, 0.25) is 0 Å². The number of aldehydes is 2. The fourth-order valence-corrected chi connectivity index (χ4v) is 1.49. The lowest BCUT2D eigenvalue weighted by Gasteiger charge is -2.23. The third-order valence-electron chi connectivity index (χ3n) is 2.60. The van der Waals surface area contributed by atoms with Crippen LogP contribution in [-0.2, 0) is 4.74 Å². The van der Waals surface area contributed by atoms with Gasteiger partial charge in [-0.05, 0) is 6.07 Å². The monoisotopic (exact) mass is 264 g/mol. The molecule has 5 heteroatoms. The highest BCUT2D eigenvalue weighted by Gasteiger charge is 2.16. The molecule has 0 fully saturated rings. The van der Waals surface area contributed by atoms with Crippen molar-refractivity contribution in [1.29, 1.82) is 0 Å². The predicted octanol–water partition coefficient (Wildman–Crippen LogP) is 1.17. The van der Waals surface area contributed by atoms with E-state index in [9.17, 15) is 14.4 Å². The number of nitrogens with zero attached hydrogens (tertiary/aromatic N) is 1. The van der Waals surface area contributed by atoms with Gasteiger partial charge in [-0.3, -0.25) is 9.59 Å². The van der Waals surface area contributed by atoms with E-state index >= 15 is 0 Å². The maximum absolute atomic E-state index is 11.9. The van der Waals surface area contributed by atoms with Crippen molar-refractivity contribution in [2.45, 2.75) is 0 Å². The number of likely N-dealkylation sites (N-methyl/N-ethyl adjacent to an activating group) is 1. The molecule has 0 saturated carbocycles. The predicted molar refractivity (Wildman–Crippen MR) is 70.4 cm³/mol. The Kier molecular flexibility index (Phi) is 4.94. The van der Waals surface area contributed by atoms with Crippen molar-refractivity contribution in [3.05, 3.63) is 34.9 Å². The molecule has 102 valence electrons. The van der Waals surface area contributed by atoms with E-state index < -0.39 is 5.97 Å². The maximum Gasteiger partial charge on any atom is 0.339 e. The number of hydrogen-bond acceptors (Lipinski definition) is 4. The zero-order chi connectivity index (χ0) is 14.5. The summed E-state index contributed by atoms with van der Waals surface area (Å²) < 4.78 is 5.79. The van der Waals surface area contributed by atoms with E-state index in [1.54, 1.807) is 6.07 Å². The molecule has 0 aromatic heterocycles. The summed E-state index contributed by atoms with van der Waals surface area (Å²) in [5.74, 6) is -0.584. The lowest BCUT2D eigenvalue weighted by atomic mass is 10.0. The van der Waals surface area contributed by atoms with Crippen molar-refractivity contribution in [3.63, 3.8) is 0 Å². The fraction of sp³-hybridized carbons (Fsp3) is 0.357. The summed E-state index contributed by atoms with van der Waals surface area (Å²) >= 11 is 0. The molecule has 0 atom stereocenters. The molecule has 0 unspecified atom stereocenters. The summed E-state index contributed by atoms with van der Waals surface area (Å²) in [4.78, 5) is 33.6. The number of rotatable bonds is 6. The highest BCUT2D eigenvalue weighted by Crippen LogP contribution is 2.12. The summed E-state index contributed by atoms with van der Waals surface area (Å²) in [5, 5.41) is 0. The zero-order valence-corrected chi connectivity index (χ0v) is 11.4. The smallest absolute Gasteiger partial charge is 0.339 e. The second kappa shape index (κ2) is 6.24. The Balaban J connectivity index is 2.83. The first-order valence-corrected chi connectivity index (χ1v) is 5.90. The number of ether oxygens (including phenoxy) is 1. The Bertz CT molecular complexity index is 489. The average Bonchev–Trinajstić information content (AvgIpc) is 2.35. The Morgan fingerprint density at radius 1 is 1.21 bits per heavy atom. The molecule has 19 heavy (non-hydrogen) atoms. The molecular weight excluding hydrogens is 246 g/mol. The van der Waals surface area contributed by atoms with Crippen molar-refractivity contribution in [3.8, 4) is 0 Å². The summed E-state index contributed by atoms with van der Waals surface area (Å²) in [6.07, 6.45) is 1.05. The molecule has 5 nitrogen and oxygen atoms in total. The maximum atomic E-state index is 11.9. The van der Waals surface area contributed by atoms with Crippen molar-refractivity contribution in [1.82, 2.24) is 0 Å². The van der Waals surface area contributed by atoms with Crippen molar-refractivity contribution >= 4 is 18.5 Å². The number of quaternary nitrogens is 1. The Labute approximate surface area is 112 Å². The molecule has 0 aliphatic heterocycles. The van der Waals surface area contributed by atoms with E-state index in [1.165, 1.54) is 12.1 Å². The van der Waals surface area contributed by atoms with Crippen LogP contribution in [0.4, 0.5) is 0 Å². The molecule has 0 saturated heterocycles. The van der Waals surface area contributed by atoms with E-state index in [0.29, 0.717) is 23.6 Å². The number of hydrogen-bond donors (Lipinski definition) is 0. The van der Waals surface area contributed by atoms with E-state index in [2.05, 4.69) is 0 Å². The summed E-state index contributed by atoms with van der Waals surface area (Å²) in [5.41, 5.74) is 0.393. The van der Waals surface area contributed by atoms with Crippen LogP contribution in [-0.4, -0.2) is 57.3 Å². The molecule has 0 aliphatic rings. The summed E-state index contributed by atoms with van der Waals surface area (Å²) in [6.45, 7) is 0.918. The standard InChI is InChI=1S/C14H18NO4/c1-15(2,3)7-8-19-14(18)12-6-4-5-11(9-16)13(12)10-17/h4-6,9-10H,7-8H2,1-3H3/q+1. The molecule has 0 aliphatic carbocycles. The average molecular weight is 264 g/mol. The fourth-order valence-electron chi connectivity index (χ4n) is 1.49. The molecule has 1 aromatic carbocycles. The Morgan fingerprint density at radius 3 is 2.42 bits per heavy atom. The van der Waals surface area contributed by atoms with Crippen molar-refractivity contribution < 1.29 is 23.6 Å². The summed E-state index contributed by atoms with van der Waals surface area (Å²) in [6, 6.07) is 4.51. The third kappa shape index (κ3) is 4.30. The van der Waals surface area contributed by atoms with Crippen LogP contribution in [0.15, 0.2) is 18.2 Å². The van der Waals surface area contributed by atoms with Crippen LogP contribution in [0, 0.1) is 0 Å². The van der Waals surface area contributed by atoms with Crippen LogP contribution in [0.25, 0.3) is 0 Å². The highest BCUT2D eigenvalue weighted by atomic mass is 16.5. The topological polar surface area (TPSA) is 60.4 Å². The number of carbonyl (C=O) groups is 3. The second-order valence-corrected chi connectivity index (χ2v) is 5.19. The van der Waals surface area contributed by atoms with Gasteiger partial charge in [-0.2, -0.15) is 0 Å². The number of esters is 1. The Hall–Kier alpha value is -2.01. The molecule has 1 rings (SSSR count). The molecule has 0 heterocycles. The lowest BCUT2D eigenvalue weighted by molar-refractivity contribution is -0.870. The van der Waals surface area contributed by atoms with E-state index in [4.69, 9.17) is 4.74 Å². The van der Waals surface area contributed by atoms with E-state index in [-0.39, 0.29) is 23.3 Å². The van der Waals surface area contributed by atoms with Crippen LogP contribution < -0.4 is 0 Å². The van der Waals surface area contributed by atoms with Crippen LogP contribution >= 0.6 is 0 Å². The van der Waals surface area contributed by atoms with Gasteiger partial charge in [0.25, 0.3) is 0 Å². The van der Waals surface area contributed by atoms with E-state index in [0.717, 1.165) is 0 Å². The molecule has 1 aromatic rings. The normalized spacial score (nSPS) is 10.9. The van der Waals surface area contributed by atoms with Gasteiger partial charge in [-0.25, -0.2) is 4.79 Å². The van der Waals surface area contributed by atoms with Crippen LogP contribution in [0.3, 0.4) is 0 Å². The van der Waals surface area contributed by atoms with Crippen LogP contribution in [0.2, 0.25) is 0 Å². The lowest BCUT2D eigenvalue weighted by Crippen LogP contribution is -2.38. The quantitative estimate of drug-likeness (QED) is 0.440. The third-order valence-corrected chi connectivity index (χ3v) is 2.60. The van der Waals surface area contributed by atoms with Gasteiger partial charge >= 0.3 is 5.97 Å². The first-order valence-electron chi connectivity index (χ1n) is 5.90. The summed E-state index contributed by atoms with van der Waals surface area (Å²) in [7, 11) is 5.95. The minimum atomic E-state index is -0.584. The van der Waals surface area contributed by atoms with Gasteiger partial charge in [0, 0.05) is 11.1 Å². The second-order valence-electron chi connectivity index (χ2n) is 5.19. The molecular formula is C14H18NO4+.